The Morgan fingerprint density at radius 1 is 1.35 bits per heavy atom. The predicted molar refractivity (Wildman–Crippen MR) is 54.2 cm³/mol. The van der Waals surface area contributed by atoms with E-state index in [-0.39, 0.29) is 11.4 Å². The summed E-state index contributed by atoms with van der Waals surface area (Å²) < 4.78 is 37.1. The van der Waals surface area contributed by atoms with Crippen LogP contribution in [0.2, 0.25) is 0 Å². The molecular formula is C9H7F3N4O. The zero-order valence-corrected chi connectivity index (χ0v) is 8.40. The second kappa shape index (κ2) is 3.72. The van der Waals surface area contributed by atoms with Gasteiger partial charge in [-0.05, 0) is 6.07 Å². The number of nitrogens with two attached hydrogens (primary N) is 1. The number of rotatable bonds is 1. The van der Waals surface area contributed by atoms with E-state index in [0.717, 1.165) is 0 Å². The second-order valence-corrected chi connectivity index (χ2v) is 3.40. The van der Waals surface area contributed by atoms with Crippen molar-refractivity contribution < 1.29 is 18.0 Å². The van der Waals surface area contributed by atoms with Crippen molar-refractivity contribution in [2.45, 2.75) is 12.6 Å². The van der Waals surface area contributed by atoms with Crippen LogP contribution in [0, 0.1) is 0 Å². The molecule has 0 fully saturated rings. The summed E-state index contributed by atoms with van der Waals surface area (Å²) in [6, 6.07) is 1.33. The first-order valence-corrected chi connectivity index (χ1v) is 4.56. The number of hydrogen-bond donors (Lipinski definition) is 1. The molecule has 0 atom stereocenters. The van der Waals surface area contributed by atoms with Crippen LogP contribution < -0.4 is 10.7 Å². The number of carbonyl (C=O) groups is 1. The normalized spacial score (nSPS) is 16.3. The van der Waals surface area contributed by atoms with Gasteiger partial charge in [0.1, 0.15) is 0 Å². The molecule has 2 N–H and O–H groups in total. The number of aromatic nitrogens is 1. The third-order valence-electron chi connectivity index (χ3n) is 2.09. The molecule has 0 aromatic carbocycles. The number of pyridine rings is 1. The van der Waals surface area contributed by atoms with E-state index in [9.17, 15) is 18.0 Å². The number of carbonyl (C=O) groups excluding carboxylic acids is 1. The molecule has 1 aliphatic heterocycles. The number of nitrogens with zero attached hydrogens (tertiary/aromatic N) is 3. The van der Waals surface area contributed by atoms with Gasteiger partial charge in [-0.15, -0.1) is 0 Å². The smallest absolute Gasteiger partial charge is 0.397 e. The molecule has 2 heterocycles. The van der Waals surface area contributed by atoms with Crippen LogP contribution in [0.25, 0.3) is 0 Å². The summed E-state index contributed by atoms with van der Waals surface area (Å²) in [4.78, 5) is 15.1. The molecule has 1 aromatic rings. The fourth-order valence-electron chi connectivity index (χ4n) is 1.35. The van der Waals surface area contributed by atoms with E-state index >= 15 is 0 Å². The molecule has 0 radical (unpaired) electrons. The third kappa shape index (κ3) is 2.19. The summed E-state index contributed by atoms with van der Waals surface area (Å²) in [5, 5.41) is 3.89. The zero-order chi connectivity index (χ0) is 12.6. The lowest BCUT2D eigenvalue weighted by Crippen LogP contribution is -2.22. The van der Waals surface area contributed by atoms with Crippen molar-refractivity contribution in [3.8, 4) is 0 Å². The first-order valence-electron chi connectivity index (χ1n) is 4.56. The summed E-state index contributed by atoms with van der Waals surface area (Å²) in [6.07, 6.45) is -2.83. The third-order valence-corrected chi connectivity index (χ3v) is 2.09. The number of hydrogen-bond acceptors (Lipinski definition) is 4. The van der Waals surface area contributed by atoms with E-state index in [1.54, 1.807) is 0 Å². The molecule has 0 aliphatic carbocycles. The summed E-state index contributed by atoms with van der Waals surface area (Å²) in [5.41, 5.74) is 4.66. The van der Waals surface area contributed by atoms with Crippen LogP contribution in [-0.4, -0.2) is 22.8 Å². The minimum absolute atomic E-state index is 0.120. The van der Waals surface area contributed by atoms with Crippen molar-refractivity contribution in [1.29, 1.82) is 0 Å². The molecule has 17 heavy (non-hydrogen) atoms. The van der Waals surface area contributed by atoms with Crippen LogP contribution in [0.1, 0.15) is 6.42 Å². The van der Waals surface area contributed by atoms with Gasteiger partial charge in [-0.1, -0.05) is 0 Å². The number of amides is 1. The van der Waals surface area contributed by atoms with Gasteiger partial charge in [0.2, 0.25) is 0 Å². The van der Waals surface area contributed by atoms with Crippen molar-refractivity contribution in [3.63, 3.8) is 0 Å². The minimum atomic E-state index is -4.60. The lowest BCUT2D eigenvalue weighted by Gasteiger charge is -2.11. The van der Waals surface area contributed by atoms with Gasteiger partial charge in [0, 0.05) is 6.20 Å². The molecule has 90 valence electrons. The Morgan fingerprint density at radius 3 is 2.59 bits per heavy atom. The monoisotopic (exact) mass is 244 g/mol. The highest BCUT2D eigenvalue weighted by molar-refractivity contribution is 6.14. The lowest BCUT2D eigenvalue weighted by atomic mass is 10.2. The SMILES string of the molecule is Nc1cncc(N2N=C(C(F)(F)F)CC2=O)c1. The first-order chi connectivity index (χ1) is 7.88. The van der Waals surface area contributed by atoms with Crippen molar-refractivity contribution in [2.24, 2.45) is 5.10 Å². The Morgan fingerprint density at radius 2 is 2.06 bits per heavy atom. The van der Waals surface area contributed by atoms with Gasteiger partial charge < -0.3 is 5.73 Å². The van der Waals surface area contributed by atoms with Crippen LogP contribution in [-0.2, 0) is 4.79 Å². The molecule has 2 rings (SSSR count). The fraction of sp³-hybridized carbons (Fsp3) is 0.222. The average Bonchev–Trinajstić information content (AvgIpc) is 2.60. The van der Waals surface area contributed by atoms with Crippen LogP contribution >= 0.6 is 0 Å². The van der Waals surface area contributed by atoms with Gasteiger partial charge in [-0.25, -0.2) is 0 Å². The Hall–Kier alpha value is -2.12. The lowest BCUT2D eigenvalue weighted by molar-refractivity contribution is -0.117. The van der Waals surface area contributed by atoms with E-state index in [0.29, 0.717) is 5.01 Å². The summed E-state index contributed by atoms with van der Waals surface area (Å²) in [6.45, 7) is 0. The predicted octanol–water partition coefficient (Wildman–Crippen LogP) is 1.32. The zero-order valence-electron chi connectivity index (χ0n) is 8.40. The van der Waals surface area contributed by atoms with Gasteiger partial charge in [0.15, 0.2) is 5.71 Å². The van der Waals surface area contributed by atoms with E-state index < -0.39 is 24.2 Å². The number of hydrazone groups is 1. The highest BCUT2D eigenvalue weighted by Gasteiger charge is 2.42. The Kier molecular flexibility index (Phi) is 2.49. The molecule has 0 saturated heterocycles. The minimum Gasteiger partial charge on any atom is -0.397 e. The number of anilines is 2. The molecule has 0 spiro atoms. The van der Waals surface area contributed by atoms with Crippen molar-refractivity contribution in [1.82, 2.24) is 4.98 Å². The molecule has 0 bridgehead atoms. The first kappa shape index (κ1) is 11.4. The molecular weight excluding hydrogens is 237 g/mol. The van der Waals surface area contributed by atoms with E-state index in [1.165, 1.54) is 18.5 Å². The average molecular weight is 244 g/mol. The van der Waals surface area contributed by atoms with Gasteiger partial charge >= 0.3 is 6.18 Å². The van der Waals surface area contributed by atoms with Gasteiger partial charge in [0.25, 0.3) is 5.91 Å². The molecule has 8 heteroatoms. The largest absolute Gasteiger partial charge is 0.431 e. The highest BCUT2D eigenvalue weighted by atomic mass is 19.4. The van der Waals surface area contributed by atoms with E-state index in [2.05, 4.69) is 10.1 Å². The van der Waals surface area contributed by atoms with Crippen molar-refractivity contribution in [2.75, 3.05) is 10.7 Å². The maximum atomic E-state index is 12.4. The number of halogens is 3. The number of nitrogen functional groups attached to an aromatic ring is 1. The molecule has 0 saturated carbocycles. The Balaban J connectivity index is 2.34. The summed E-state index contributed by atoms with van der Waals surface area (Å²) in [7, 11) is 0. The van der Waals surface area contributed by atoms with Crippen molar-refractivity contribution >= 4 is 23.0 Å². The van der Waals surface area contributed by atoms with Gasteiger partial charge in [-0.2, -0.15) is 23.3 Å². The topological polar surface area (TPSA) is 71.6 Å². The van der Waals surface area contributed by atoms with E-state index in [1.807, 2.05) is 0 Å². The van der Waals surface area contributed by atoms with Crippen LogP contribution in [0.4, 0.5) is 24.5 Å². The molecule has 1 aromatic heterocycles. The van der Waals surface area contributed by atoms with Gasteiger partial charge in [0.05, 0.1) is 24.0 Å². The second-order valence-electron chi connectivity index (χ2n) is 3.40. The quantitative estimate of drug-likeness (QED) is 0.809. The Labute approximate surface area is 93.7 Å². The van der Waals surface area contributed by atoms with Crippen LogP contribution in [0.15, 0.2) is 23.6 Å². The standard InChI is InChI=1S/C9H7F3N4O/c10-9(11,12)7-2-8(17)16(15-7)6-1-5(13)3-14-4-6/h1,3-4H,2,13H2. The van der Waals surface area contributed by atoms with Crippen molar-refractivity contribution in [3.05, 3.63) is 18.5 Å². The van der Waals surface area contributed by atoms with E-state index in [4.69, 9.17) is 5.73 Å². The highest BCUT2D eigenvalue weighted by Crippen LogP contribution is 2.28. The molecule has 1 amide bonds. The Bertz CT molecular complexity index is 497. The maximum absolute atomic E-state index is 12.4. The van der Waals surface area contributed by atoms with Crippen LogP contribution in [0.5, 0.6) is 0 Å². The maximum Gasteiger partial charge on any atom is 0.431 e. The summed E-state index contributed by atoms with van der Waals surface area (Å²) in [5.74, 6) is -0.760. The molecule has 0 unspecified atom stereocenters. The fourth-order valence-corrected chi connectivity index (χ4v) is 1.35. The van der Waals surface area contributed by atoms with Gasteiger partial charge in [-0.3, -0.25) is 9.78 Å². The van der Waals surface area contributed by atoms with Crippen LogP contribution in [0.3, 0.4) is 0 Å². The molecule has 1 aliphatic rings. The number of alkyl halides is 3. The molecule has 5 nitrogen and oxygen atoms in total. The summed E-state index contributed by atoms with van der Waals surface area (Å²) >= 11 is 0.